The second-order valence-electron chi connectivity index (χ2n) is 4.95. The molecule has 0 atom stereocenters. The zero-order valence-electron chi connectivity index (χ0n) is 11.5. The zero-order valence-corrected chi connectivity index (χ0v) is 11.5. The minimum Gasteiger partial charge on any atom is -0.374 e. The smallest absolute Gasteiger partial charge is 0.246 e. The Balaban J connectivity index is 2.20. The van der Waals surface area contributed by atoms with Gasteiger partial charge in [0.1, 0.15) is 6.54 Å². The number of benzene rings is 1. The SMILES string of the molecule is CC(C)N(C)C(=O)CN1C(=O)CNc2ccccc21. The Morgan fingerprint density at radius 2 is 2.11 bits per heavy atom. The number of likely N-dealkylation sites (N-methyl/N-ethyl adjacent to an activating group) is 1. The van der Waals surface area contributed by atoms with Crippen LogP contribution in [-0.2, 0) is 9.59 Å². The number of rotatable bonds is 3. The maximum atomic E-state index is 12.1. The van der Waals surface area contributed by atoms with Crippen LogP contribution in [0, 0.1) is 0 Å². The van der Waals surface area contributed by atoms with Crippen molar-refractivity contribution in [2.75, 3.05) is 30.4 Å². The van der Waals surface area contributed by atoms with E-state index in [0.717, 1.165) is 11.4 Å². The van der Waals surface area contributed by atoms with E-state index in [1.165, 1.54) is 0 Å². The summed E-state index contributed by atoms with van der Waals surface area (Å²) in [5.74, 6) is -0.135. The molecule has 102 valence electrons. The van der Waals surface area contributed by atoms with E-state index in [1.54, 1.807) is 16.8 Å². The van der Waals surface area contributed by atoms with Gasteiger partial charge in [0, 0.05) is 13.1 Å². The van der Waals surface area contributed by atoms with Gasteiger partial charge in [-0.25, -0.2) is 0 Å². The van der Waals surface area contributed by atoms with Crippen LogP contribution in [0.5, 0.6) is 0 Å². The average Bonchev–Trinajstić information content (AvgIpc) is 2.40. The number of nitrogens with one attached hydrogen (secondary N) is 1. The van der Waals surface area contributed by atoms with Crippen LogP contribution in [0.15, 0.2) is 24.3 Å². The molecule has 0 saturated carbocycles. The Morgan fingerprint density at radius 1 is 1.42 bits per heavy atom. The Labute approximate surface area is 113 Å². The maximum Gasteiger partial charge on any atom is 0.246 e. The van der Waals surface area contributed by atoms with Crippen molar-refractivity contribution >= 4 is 23.2 Å². The molecule has 1 heterocycles. The summed E-state index contributed by atoms with van der Waals surface area (Å²) in [6.07, 6.45) is 0. The van der Waals surface area contributed by atoms with E-state index in [2.05, 4.69) is 5.32 Å². The third kappa shape index (κ3) is 2.70. The van der Waals surface area contributed by atoms with Crippen LogP contribution in [0.1, 0.15) is 13.8 Å². The first-order valence-corrected chi connectivity index (χ1v) is 6.39. The summed E-state index contributed by atoms with van der Waals surface area (Å²) in [7, 11) is 1.76. The van der Waals surface area contributed by atoms with E-state index >= 15 is 0 Å². The summed E-state index contributed by atoms with van der Waals surface area (Å²) in [5, 5.41) is 3.05. The summed E-state index contributed by atoms with van der Waals surface area (Å²) >= 11 is 0. The third-order valence-electron chi connectivity index (χ3n) is 3.39. The standard InChI is InChI=1S/C14H19N3O2/c1-10(2)16(3)14(19)9-17-12-7-5-4-6-11(12)15-8-13(17)18/h4-7,10,15H,8-9H2,1-3H3. The molecule has 0 spiro atoms. The van der Waals surface area contributed by atoms with Crippen LogP contribution >= 0.6 is 0 Å². The molecule has 2 amide bonds. The molecular formula is C14H19N3O2. The number of para-hydroxylation sites is 2. The van der Waals surface area contributed by atoms with Crippen molar-refractivity contribution in [1.82, 2.24) is 4.90 Å². The number of amides is 2. The van der Waals surface area contributed by atoms with Crippen molar-refractivity contribution in [3.05, 3.63) is 24.3 Å². The molecule has 19 heavy (non-hydrogen) atoms. The second kappa shape index (κ2) is 5.30. The summed E-state index contributed by atoms with van der Waals surface area (Å²) in [5.41, 5.74) is 1.66. The number of nitrogens with zero attached hydrogens (tertiary/aromatic N) is 2. The van der Waals surface area contributed by atoms with Crippen molar-refractivity contribution in [3.63, 3.8) is 0 Å². The van der Waals surface area contributed by atoms with Gasteiger partial charge in [0.05, 0.1) is 17.9 Å². The first kappa shape index (κ1) is 13.4. The molecule has 0 aliphatic carbocycles. The fourth-order valence-electron chi connectivity index (χ4n) is 1.97. The molecule has 0 unspecified atom stereocenters. The lowest BCUT2D eigenvalue weighted by Gasteiger charge is -2.31. The fourth-order valence-corrected chi connectivity index (χ4v) is 1.97. The zero-order chi connectivity index (χ0) is 14.0. The van der Waals surface area contributed by atoms with E-state index in [1.807, 2.05) is 38.1 Å². The summed E-state index contributed by atoms with van der Waals surface area (Å²) < 4.78 is 0. The number of carbonyl (C=O) groups is 2. The van der Waals surface area contributed by atoms with Gasteiger partial charge in [0.15, 0.2) is 0 Å². The van der Waals surface area contributed by atoms with Crippen LogP contribution in [-0.4, -0.2) is 42.9 Å². The van der Waals surface area contributed by atoms with Gasteiger partial charge in [0.25, 0.3) is 0 Å². The first-order chi connectivity index (χ1) is 9.00. The van der Waals surface area contributed by atoms with Crippen molar-refractivity contribution in [3.8, 4) is 0 Å². The summed E-state index contributed by atoms with van der Waals surface area (Å²) in [6, 6.07) is 7.65. The van der Waals surface area contributed by atoms with E-state index in [0.29, 0.717) is 0 Å². The lowest BCUT2D eigenvalue weighted by molar-refractivity contribution is -0.131. The van der Waals surface area contributed by atoms with E-state index in [4.69, 9.17) is 0 Å². The van der Waals surface area contributed by atoms with Gasteiger partial charge in [-0.15, -0.1) is 0 Å². The molecule has 0 saturated heterocycles. The van der Waals surface area contributed by atoms with Crippen molar-refractivity contribution in [2.45, 2.75) is 19.9 Å². The molecule has 5 heteroatoms. The molecular weight excluding hydrogens is 242 g/mol. The minimum absolute atomic E-state index is 0.0555. The van der Waals surface area contributed by atoms with Gasteiger partial charge < -0.3 is 10.2 Å². The van der Waals surface area contributed by atoms with Gasteiger partial charge in [-0.3, -0.25) is 14.5 Å². The predicted octanol–water partition coefficient (Wildman–Crippen LogP) is 1.31. The summed E-state index contributed by atoms with van der Waals surface area (Å²) in [4.78, 5) is 27.3. The number of fused-ring (bicyclic) bond motifs is 1. The number of hydrogen-bond acceptors (Lipinski definition) is 3. The Bertz CT molecular complexity index is 499. The fraction of sp³-hybridized carbons (Fsp3) is 0.429. The molecule has 0 radical (unpaired) electrons. The molecule has 0 aromatic heterocycles. The topological polar surface area (TPSA) is 52.7 Å². The molecule has 1 aliphatic heterocycles. The van der Waals surface area contributed by atoms with Gasteiger partial charge in [-0.1, -0.05) is 12.1 Å². The molecule has 1 aliphatic rings. The van der Waals surface area contributed by atoms with Gasteiger partial charge in [-0.2, -0.15) is 0 Å². The Kier molecular flexibility index (Phi) is 3.74. The highest BCUT2D eigenvalue weighted by Crippen LogP contribution is 2.28. The highest BCUT2D eigenvalue weighted by atomic mass is 16.2. The van der Waals surface area contributed by atoms with Crippen LogP contribution < -0.4 is 10.2 Å². The van der Waals surface area contributed by atoms with Crippen molar-refractivity contribution in [1.29, 1.82) is 0 Å². The molecule has 1 N–H and O–H groups in total. The highest BCUT2D eigenvalue weighted by Gasteiger charge is 2.26. The molecule has 0 fully saturated rings. The van der Waals surface area contributed by atoms with E-state index in [9.17, 15) is 9.59 Å². The lowest BCUT2D eigenvalue weighted by atomic mass is 10.2. The van der Waals surface area contributed by atoms with Crippen molar-refractivity contribution in [2.24, 2.45) is 0 Å². The van der Waals surface area contributed by atoms with E-state index < -0.39 is 0 Å². The maximum absolute atomic E-state index is 12.1. The number of carbonyl (C=O) groups excluding carboxylic acids is 2. The summed E-state index contributed by atoms with van der Waals surface area (Å²) in [6.45, 7) is 4.22. The number of hydrogen-bond donors (Lipinski definition) is 1. The first-order valence-electron chi connectivity index (χ1n) is 6.39. The van der Waals surface area contributed by atoms with E-state index in [-0.39, 0.29) is 30.9 Å². The average molecular weight is 261 g/mol. The largest absolute Gasteiger partial charge is 0.374 e. The van der Waals surface area contributed by atoms with Gasteiger partial charge in [-0.05, 0) is 26.0 Å². The highest BCUT2D eigenvalue weighted by molar-refractivity contribution is 6.05. The number of anilines is 2. The quantitative estimate of drug-likeness (QED) is 0.892. The van der Waals surface area contributed by atoms with Gasteiger partial charge >= 0.3 is 0 Å². The van der Waals surface area contributed by atoms with Gasteiger partial charge in [0.2, 0.25) is 11.8 Å². The molecule has 1 aromatic carbocycles. The molecule has 5 nitrogen and oxygen atoms in total. The Morgan fingerprint density at radius 3 is 2.79 bits per heavy atom. The molecule has 0 bridgehead atoms. The monoisotopic (exact) mass is 261 g/mol. The van der Waals surface area contributed by atoms with Crippen LogP contribution in [0.3, 0.4) is 0 Å². The Hall–Kier alpha value is -2.04. The third-order valence-corrected chi connectivity index (χ3v) is 3.39. The van der Waals surface area contributed by atoms with Crippen LogP contribution in [0.2, 0.25) is 0 Å². The normalized spacial score (nSPS) is 14.1. The van der Waals surface area contributed by atoms with Crippen molar-refractivity contribution < 1.29 is 9.59 Å². The predicted molar refractivity (Wildman–Crippen MR) is 75.2 cm³/mol. The second-order valence-corrected chi connectivity index (χ2v) is 4.95. The lowest BCUT2D eigenvalue weighted by Crippen LogP contribution is -2.47. The minimum atomic E-state index is -0.0794. The molecule has 1 aromatic rings. The molecule has 2 rings (SSSR count). The van der Waals surface area contributed by atoms with Crippen LogP contribution in [0.25, 0.3) is 0 Å². The van der Waals surface area contributed by atoms with Crippen LogP contribution in [0.4, 0.5) is 11.4 Å².